The van der Waals surface area contributed by atoms with Crippen molar-refractivity contribution in [3.63, 3.8) is 0 Å². The van der Waals surface area contributed by atoms with Crippen LogP contribution < -0.4 is 5.32 Å². The highest BCUT2D eigenvalue weighted by Gasteiger charge is 2.40. The lowest BCUT2D eigenvalue weighted by atomic mass is 9.93. The summed E-state index contributed by atoms with van der Waals surface area (Å²) >= 11 is 1.62. The average molecular weight is 524 g/mol. The summed E-state index contributed by atoms with van der Waals surface area (Å²) in [4.78, 5) is 54.2. The summed E-state index contributed by atoms with van der Waals surface area (Å²) in [5.41, 5.74) is 4.08. The lowest BCUT2D eigenvalue weighted by Crippen LogP contribution is -2.58. The third-order valence-corrected chi connectivity index (χ3v) is 8.96. The van der Waals surface area contributed by atoms with Gasteiger partial charge in [0.25, 0.3) is 11.8 Å². The Hall–Kier alpha value is -3.20. The topological polar surface area (TPSA) is 97.7 Å². The highest BCUT2D eigenvalue weighted by Crippen LogP contribution is 2.39. The normalized spacial score (nSPS) is 19.8. The number of aryl methyl sites for hydroxylation is 2. The van der Waals surface area contributed by atoms with E-state index < -0.39 is 17.8 Å². The van der Waals surface area contributed by atoms with E-state index in [4.69, 9.17) is 4.74 Å². The number of ether oxygens (including phenoxy) is 1. The molecule has 1 N–H and O–H groups in total. The highest BCUT2D eigenvalue weighted by atomic mass is 32.1. The second kappa shape index (κ2) is 10.3. The Morgan fingerprint density at radius 1 is 1.11 bits per heavy atom. The van der Waals surface area contributed by atoms with Gasteiger partial charge in [0, 0.05) is 22.3 Å². The molecule has 2 fully saturated rings. The quantitative estimate of drug-likeness (QED) is 0.338. The number of thiophene rings is 1. The maximum absolute atomic E-state index is 13.4. The van der Waals surface area contributed by atoms with Gasteiger partial charge in [-0.25, -0.2) is 9.59 Å². The predicted octanol–water partition coefficient (Wildman–Crippen LogP) is 5.01. The number of fused-ring (bicyclic) bond motifs is 1. The number of barbiturate groups is 1. The SMILES string of the molecule is CCOC(=O)c1c(-n2c(C)cc(/C=C3/C(=O)NC(=O)N(C4CCCCC4)C3=O)c2C)sc2c1CCCC2. The first-order valence-electron chi connectivity index (χ1n) is 13.2. The number of hydrogen-bond donors (Lipinski definition) is 1. The van der Waals surface area contributed by atoms with Gasteiger partial charge in [-0.05, 0) is 82.6 Å². The van der Waals surface area contributed by atoms with Crippen LogP contribution in [0.5, 0.6) is 0 Å². The van der Waals surface area contributed by atoms with Crippen molar-refractivity contribution in [3.8, 4) is 5.00 Å². The molecular formula is C28H33N3O5S. The molecule has 5 rings (SSSR count). The number of imide groups is 2. The Bertz CT molecular complexity index is 1310. The number of nitrogens with one attached hydrogen (secondary N) is 1. The average Bonchev–Trinajstić information content (AvgIpc) is 3.38. The van der Waals surface area contributed by atoms with E-state index in [9.17, 15) is 19.2 Å². The van der Waals surface area contributed by atoms with E-state index >= 15 is 0 Å². The van der Waals surface area contributed by atoms with Crippen LogP contribution in [-0.4, -0.2) is 45.9 Å². The number of carbonyl (C=O) groups excluding carboxylic acids is 4. The van der Waals surface area contributed by atoms with Crippen LogP contribution in [0.4, 0.5) is 4.79 Å². The second-order valence-corrected chi connectivity index (χ2v) is 11.1. The van der Waals surface area contributed by atoms with Gasteiger partial charge in [-0.1, -0.05) is 19.3 Å². The summed E-state index contributed by atoms with van der Waals surface area (Å²) in [7, 11) is 0. The molecule has 0 aromatic carbocycles. The van der Waals surface area contributed by atoms with Gasteiger partial charge < -0.3 is 9.30 Å². The third kappa shape index (κ3) is 4.54. The van der Waals surface area contributed by atoms with Crippen LogP contribution >= 0.6 is 11.3 Å². The zero-order valence-electron chi connectivity index (χ0n) is 21.6. The molecule has 9 heteroatoms. The van der Waals surface area contributed by atoms with Gasteiger partial charge >= 0.3 is 12.0 Å². The van der Waals surface area contributed by atoms with Gasteiger partial charge in [0.05, 0.1) is 12.2 Å². The second-order valence-electron chi connectivity index (χ2n) is 10.1. The van der Waals surface area contributed by atoms with E-state index in [0.29, 0.717) is 17.7 Å². The molecule has 1 aliphatic heterocycles. The van der Waals surface area contributed by atoms with Crippen molar-refractivity contribution in [2.75, 3.05) is 6.61 Å². The van der Waals surface area contributed by atoms with Crippen LogP contribution in [0.25, 0.3) is 11.1 Å². The lowest BCUT2D eigenvalue weighted by Gasteiger charge is -2.35. The van der Waals surface area contributed by atoms with Crippen LogP contribution in [0.3, 0.4) is 0 Å². The molecule has 1 saturated heterocycles. The number of hydrogen-bond acceptors (Lipinski definition) is 6. The van der Waals surface area contributed by atoms with Gasteiger partial charge in [-0.2, -0.15) is 0 Å². The van der Waals surface area contributed by atoms with Crippen molar-refractivity contribution in [2.45, 2.75) is 84.6 Å². The van der Waals surface area contributed by atoms with Crippen molar-refractivity contribution in [1.29, 1.82) is 0 Å². The maximum atomic E-state index is 13.4. The van der Waals surface area contributed by atoms with Crippen molar-refractivity contribution in [1.82, 2.24) is 14.8 Å². The number of urea groups is 1. The molecule has 1 saturated carbocycles. The fraction of sp³-hybridized carbons (Fsp3) is 0.500. The Morgan fingerprint density at radius 2 is 1.84 bits per heavy atom. The smallest absolute Gasteiger partial charge is 0.341 e. The van der Waals surface area contributed by atoms with Crippen LogP contribution in [0, 0.1) is 13.8 Å². The van der Waals surface area contributed by atoms with E-state index in [1.807, 2.05) is 24.5 Å². The summed E-state index contributed by atoms with van der Waals surface area (Å²) in [6.07, 6.45) is 10.1. The molecular weight excluding hydrogens is 490 g/mol. The molecule has 2 aromatic heterocycles. The van der Waals surface area contributed by atoms with Crippen molar-refractivity contribution in [2.24, 2.45) is 0 Å². The first-order chi connectivity index (χ1) is 17.8. The summed E-state index contributed by atoms with van der Waals surface area (Å²) < 4.78 is 7.46. The number of carbonyl (C=O) groups is 4. The lowest BCUT2D eigenvalue weighted by molar-refractivity contribution is -0.132. The first kappa shape index (κ1) is 25.4. The van der Waals surface area contributed by atoms with Crippen LogP contribution in [-0.2, 0) is 27.2 Å². The molecule has 2 aliphatic carbocycles. The minimum absolute atomic E-state index is 0.0403. The molecule has 3 heterocycles. The monoisotopic (exact) mass is 523 g/mol. The first-order valence-corrected chi connectivity index (χ1v) is 14.0. The number of nitrogens with zero attached hydrogens (tertiary/aromatic N) is 2. The Morgan fingerprint density at radius 3 is 2.57 bits per heavy atom. The van der Waals surface area contributed by atoms with E-state index in [2.05, 4.69) is 5.32 Å². The highest BCUT2D eigenvalue weighted by molar-refractivity contribution is 7.15. The molecule has 37 heavy (non-hydrogen) atoms. The predicted molar refractivity (Wildman–Crippen MR) is 141 cm³/mol. The van der Waals surface area contributed by atoms with Crippen molar-refractivity contribution in [3.05, 3.63) is 44.6 Å². The zero-order chi connectivity index (χ0) is 26.3. The van der Waals surface area contributed by atoms with Gasteiger partial charge in [-0.3, -0.25) is 19.8 Å². The van der Waals surface area contributed by atoms with Crippen LogP contribution in [0.15, 0.2) is 11.6 Å². The standard InChI is InChI=1S/C28H33N3O5S/c1-4-36-27(34)23-20-12-8-9-13-22(20)37-26(23)30-16(2)14-18(17(30)3)15-21-24(32)29-28(35)31(25(21)33)19-10-6-5-7-11-19/h14-15,19H,4-13H2,1-3H3,(H,29,32,35)/b21-15-. The number of amides is 4. The Balaban J connectivity index is 1.56. The third-order valence-electron chi connectivity index (χ3n) is 7.68. The summed E-state index contributed by atoms with van der Waals surface area (Å²) in [6, 6.07) is 1.10. The van der Waals surface area contributed by atoms with Gasteiger partial charge in [0.15, 0.2) is 0 Å². The molecule has 4 amide bonds. The summed E-state index contributed by atoms with van der Waals surface area (Å²) in [5, 5.41) is 3.19. The molecule has 8 nitrogen and oxygen atoms in total. The largest absolute Gasteiger partial charge is 0.462 e. The van der Waals surface area contributed by atoms with Gasteiger partial charge in [-0.15, -0.1) is 11.3 Å². The molecule has 2 aromatic rings. The maximum Gasteiger partial charge on any atom is 0.341 e. The number of esters is 1. The van der Waals surface area contributed by atoms with E-state index in [1.54, 1.807) is 24.3 Å². The van der Waals surface area contributed by atoms with Gasteiger partial charge in [0.2, 0.25) is 0 Å². The van der Waals surface area contributed by atoms with Crippen LogP contribution in [0.1, 0.15) is 89.6 Å². The zero-order valence-corrected chi connectivity index (χ0v) is 22.5. The van der Waals surface area contributed by atoms with E-state index in [0.717, 1.165) is 79.7 Å². The Kier molecular flexibility index (Phi) is 7.07. The minimum atomic E-state index is -0.675. The summed E-state index contributed by atoms with van der Waals surface area (Å²) in [5.74, 6) is -1.53. The van der Waals surface area contributed by atoms with Crippen molar-refractivity contribution >= 4 is 41.2 Å². The molecule has 0 spiro atoms. The minimum Gasteiger partial charge on any atom is -0.462 e. The molecule has 0 radical (unpaired) electrons. The number of aromatic nitrogens is 1. The fourth-order valence-corrected chi connectivity index (χ4v) is 7.35. The van der Waals surface area contributed by atoms with E-state index in [-0.39, 0.29) is 17.6 Å². The van der Waals surface area contributed by atoms with E-state index in [1.165, 1.54) is 9.78 Å². The Labute approximate surface area is 220 Å². The molecule has 0 bridgehead atoms. The molecule has 0 unspecified atom stereocenters. The molecule has 3 aliphatic rings. The molecule has 0 atom stereocenters. The number of rotatable bonds is 5. The van der Waals surface area contributed by atoms with Gasteiger partial charge in [0.1, 0.15) is 10.6 Å². The molecule has 196 valence electrons. The summed E-state index contributed by atoms with van der Waals surface area (Å²) in [6.45, 7) is 5.98. The fourth-order valence-electron chi connectivity index (χ4n) is 5.87. The van der Waals surface area contributed by atoms with Crippen LogP contribution in [0.2, 0.25) is 0 Å². The van der Waals surface area contributed by atoms with Crippen molar-refractivity contribution < 1.29 is 23.9 Å².